The van der Waals surface area contributed by atoms with Gasteiger partial charge >= 0.3 is 0 Å². The van der Waals surface area contributed by atoms with Crippen LogP contribution in [0.5, 0.6) is 0 Å². The molecule has 0 radical (unpaired) electrons. The molecule has 1 fully saturated rings. The Balaban J connectivity index is 1.81. The van der Waals surface area contributed by atoms with Crippen LogP contribution in [0.4, 0.5) is 4.39 Å². The Morgan fingerprint density at radius 1 is 1.07 bits per heavy atom. The van der Waals surface area contributed by atoms with Crippen LogP contribution in [0.3, 0.4) is 0 Å². The normalized spacial score (nSPS) is 17.4. The zero-order valence-corrected chi connectivity index (χ0v) is 16.5. The van der Waals surface area contributed by atoms with E-state index in [9.17, 15) is 14.0 Å². The maximum Gasteiger partial charge on any atom is 0.255 e. The minimum absolute atomic E-state index is 0.177. The van der Waals surface area contributed by atoms with Crippen LogP contribution in [-0.4, -0.2) is 53.8 Å². The standard InChI is InChI=1S/C20H31FN4O2/c1-15(2)13-19(26)22-23-20(27)16(3)25-10-6-9-24(11-12-25)14-17-7-4-5-8-18(17)21/h4-5,7-8,15-16H,6,9-14H2,1-3H3,(H,22,26)(H,23,27). The monoisotopic (exact) mass is 378 g/mol. The van der Waals surface area contributed by atoms with E-state index < -0.39 is 0 Å². The van der Waals surface area contributed by atoms with Gasteiger partial charge in [-0.25, -0.2) is 4.39 Å². The van der Waals surface area contributed by atoms with E-state index in [1.165, 1.54) is 6.07 Å². The van der Waals surface area contributed by atoms with Gasteiger partial charge in [0.1, 0.15) is 5.82 Å². The molecule has 1 aliphatic heterocycles. The number of halogens is 1. The van der Waals surface area contributed by atoms with Gasteiger partial charge in [-0.15, -0.1) is 0 Å². The van der Waals surface area contributed by atoms with Crippen molar-refractivity contribution >= 4 is 11.8 Å². The number of carbonyl (C=O) groups excluding carboxylic acids is 2. The molecule has 1 atom stereocenters. The van der Waals surface area contributed by atoms with E-state index in [1.54, 1.807) is 6.07 Å². The molecule has 6 nitrogen and oxygen atoms in total. The van der Waals surface area contributed by atoms with Crippen LogP contribution in [-0.2, 0) is 16.1 Å². The van der Waals surface area contributed by atoms with Crippen molar-refractivity contribution in [2.75, 3.05) is 26.2 Å². The molecule has 1 aromatic carbocycles. The Bertz CT molecular complexity index is 638. The Hall–Kier alpha value is -1.99. The number of nitrogens with one attached hydrogen (secondary N) is 2. The second-order valence-electron chi connectivity index (χ2n) is 7.57. The fraction of sp³-hybridized carbons (Fsp3) is 0.600. The summed E-state index contributed by atoms with van der Waals surface area (Å²) in [6.45, 7) is 9.48. The van der Waals surface area contributed by atoms with E-state index in [4.69, 9.17) is 0 Å². The Labute approximate surface area is 161 Å². The average Bonchev–Trinajstić information content (AvgIpc) is 2.86. The fourth-order valence-corrected chi connectivity index (χ4v) is 3.23. The van der Waals surface area contributed by atoms with Gasteiger partial charge in [-0.05, 0) is 31.9 Å². The summed E-state index contributed by atoms with van der Waals surface area (Å²) in [7, 11) is 0. The first kappa shape index (κ1) is 21.3. The Morgan fingerprint density at radius 2 is 1.81 bits per heavy atom. The van der Waals surface area contributed by atoms with E-state index in [0.29, 0.717) is 18.5 Å². The largest absolute Gasteiger partial charge is 0.298 e. The highest BCUT2D eigenvalue weighted by Gasteiger charge is 2.24. The summed E-state index contributed by atoms with van der Waals surface area (Å²) in [6.07, 6.45) is 1.29. The zero-order valence-electron chi connectivity index (χ0n) is 16.5. The second-order valence-corrected chi connectivity index (χ2v) is 7.57. The molecule has 0 spiro atoms. The van der Waals surface area contributed by atoms with Crippen LogP contribution in [0.1, 0.15) is 39.2 Å². The predicted octanol–water partition coefficient (Wildman–Crippen LogP) is 1.92. The van der Waals surface area contributed by atoms with Gasteiger partial charge in [-0.1, -0.05) is 32.0 Å². The average molecular weight is 378 g/mol. The summed E-state index contributed by atoms with van der Waals surface area (Å²) in [5.74, 6) is -0.332. The highest BCUT2D eigenvalue weighted by molar-refractivity contribution is 5.85. The molecule has 1 aromatic rings. The van der Waals surface area contributed by atoms with Gasteiger partial charge in [0.2, 0.25) is 5.91 Å². The molecule has 0 aliphatic carbocycles. The van der Waals surface area contributed by atoms with Gasteiger partial charge in [0.05, 0.1) is 6.04 Å². The molecule has 1 unspecified atom stereocenters. The number of carbonyl (C=O) groups is 2. The van der Waals surface area contributed by atoms with Crippen LogP contribution >= 0.6 is 0 Å². The lowest BCUT2D eigenvalue weighted by atomic mass is 10.1. The quantitative estimate of drug-likeness (QED) is 0.743. The van der Waals surface area contributed by atoms with Crippen LogP contribution in [0, 0.1) is 11.7 Å². The number of amides is 2. The molecule has 2 N–H and O–H groups in total. The van der Waals surface area contributed by atoms with Gasteiger partial charge < -0.3 is 0 Å². The lowest BCUT2D eigenvalue weighted by molar-refractivity contribution is -0.132. The number of benzene rings is 1. The lowest BCUT2D eigenvalue weighted by Gasteiger charge is -2.27. The number of nitrogens with zero attached hydrogens (tertiary/aromatic N) is 2. The number of hydrogen-bond acceptors (Lipinski definition) is 4. The molecular formula is C20H31FN4O2. The summed E-state index contributed by atoms with van der Waals surface area (Å²) in [4.78, 5) is 28.3. The van der Waals surface area contributed by atoms with Gasteiger partial charge in [-0.3, -0.25) is 30.2 Å². The summed E-state index contributed by atoms with van der Waals surface area (Å²) in [5, 5.41) is 0. The first-order valence-electron chi connectivity index (χ1n) is 9.65. The first-order chi connectivity index (χ1) is 12.9. The number of rotatable bonds is 6. The van der Waals surface area contributed by atoms with Crippen molar-refractivity contribution in [1.82, 2.24) is 20.7 Å². The fourth-order valence-electron chi connectivity index (χ4n) is 3.23. The maximum absolute atomic E-state index is 13.9. The van der Waals surface area contributed by atoms with Crippen molar-refractivity contribution in [2.45, 2.75) is 46.2 Å². The summed E-state index contributed by atoms with van der Waals surface area (Å²) < 4.78 is 13.9. The van der Waals surface area contributed by atoms with Gasteiger partial charge in [-0.2, -0.15) is 0 Å². The van der Waals surface area contributed by atoms with Crippen molar-refractivity contribution in [3.05, 3.63) is 35.6 Å². The summed E-state index contributed by atoms with van der Waals surface area (Å²) in [6, 6.07) is 6.51. The minimum Gasteiger partial charge on any atom is -0.298 e. The molecule has 1 aliphatic rings. The molecule has 2 rings (SSSR count). The van der Waals surface area contributed by atoms with Crippen LogP contribution in [0.2, 0.25) is 0 Å². The minimum atomic E-state index is -0.335. The highest BCUT2D eigenvalue weighted by atomic mass is 19.1. The van der Waals surface area contributed by atoms with Crippen molar-refractivity contribution in [1.29, 1.82) is 0 Å². The highest BCUT2D eigenvalue weighted by Crippen LogP contribution is 2.13. The van der Waals surface area contributed by atoms with E-state index in [1.807, 2.05) is 32.9 Å². The van der Waals surface area contributed by atoms with E-state index in [-0.39, 0.29) is 29.6 Å². The maximum atomic E-state index is 13.9. The van der Waals surface area contributed by atoms with Crippen molar-refractivity contribution in [3.63, 3.8) is 0 Å². The summed E-state index contributed by atoms with van der Waals surface area (Å²) in [5.41, 5.74) is 5.70. The number of hydrogen-bond donors (Lipinski definition) is 2. The molecule has 0 saturated carbocycles. The van der Waals surface area contributed by atoms with E-state index in [0.717, 1.165) is 32.6 Å². The Kier molecular flexibility index (Phi) is 8.19. The smallest absolute Gasteiger partial charge is 0.255 e. The molecular weight excluding hydrogens is 347 g/mol. The van der Waals surface area contributed by atoms with Crippen LogP contribution < -0.4 is 10.9 Å². The van der Waals surface area contributed by atoms with Gasteiger partial charge in [0.15, 0.2) is 0 Å². The van der Waals surface area contributed by atoms with Crippen LogP contribution in [0.25, 0.3) is 0 Å². The molecule has 0 bridgehead atoms. The first-order valence-corrected chi connectivity index (χ1v) is 9.65. The molecule has 1 heterocycles. The van der Waals surface area contributed by atoms with Gasteiger partial charge in [0.25, 0.3) is 5.91 Å². The molecule has 27 heavy (non-hydrogen) atoms. The molecule has 7 heteroatoms. The van der Waals surface area contributed by atoms with E-state index in [2.05, 4.69) is 20.7 Å². The summed E-state index contributed by atoms with van der Waals surface area (Å²) >= 11 is 0. The Morgan fingerprint density at radius 3 is 2.52 bits per heavy atom. The molecule has 2 amide bonds. The third-order valence-corrected chi connectivity index (χ3v) is 4.82. The zero-order chi connectivity index (χ0) is 19.8. The lowest BCUT2D eigenvalue weighted by Crippen LogP contribution is -2.52. The molecule has 1 saturated heterocycles. The predicted molar refractivity (Wildman–Crippen MR) is 103 cm³/mol. The molecule has 0 aromatic heterocycles. The van der Waals surface area contributed by atoms with Crippen molar-refractivity contribution in [3.8, 4) is 0 Å². The van der Waals surface area contributed by atoms with Gasteiger partial charge in [0, 0.05) is 38.2 Å². The van der Waals surface area contributed by atoms with Crippen molar-refractivity contribution < 1.29 is 14.0 Å². The molecule has 150 valence electrons. The van der Waals surface area contributed by atoms with Crippen LogP contribution in [0.15, 0.2) is 24.3 Å². The topological polar surface area (TPSA) is 64.7 Å². The third kappa shape index (κ3) is 6.92. The van der Waals surface area contributed by atoms with E-state index >= 15 is 0 Å². The number of hydrazine groups is 1. The SMILES string of the molecule is CC(C)CC(=O)NNC(=O)C(C)N1CCCN(Cc2ccccc2F)CC1. The second kappa shape index (κ2) is 10.4. The third-order valence-electron chi connectivity index (χ3n) is 4.82. The van der Waals surface area contributed by atoms with Crippen molar-refractivity contribution in [2.24, 2.45) is 5.92 Å².